The quantitative estimate of drug-likeness (QED) is 0.444. The maximum Gasteiger partial charge on any atom is 0.371 e. The highest BCUT2D eigenvalue weighted by Gasteiger charge is 2.18. The van der Waals surface area contributed by atoms with Crippen molar-refractivity contribution < 1.29 is 24.9 Å². The molecule has 0 heterocycles. The van der Waals surface area contributed by atoms with Crippen LogP contribution in [0.25, 0.3) is 0 Å². The molecule has 3 N–H and O–H groups in total. The molecule has 0 amide bonds. The molecule has 0 unspecified atom stereocenters. The summed E-state index contributed by atoms with van der Waals surface area (Å²) in [5, 5.41) is 25.7. The van der Waals surface area contributed by atoms with E-state index in [-0.39, 0.29) is 6.42 Å². The summed E-state index contributed by atoms with van der Waals surface area (Å²) in [6, 6.07) is 0. The van der Waals surface area contributed by atoms with Crippen LogP contribution in [-0.4, -0.2) is 27.3 Å². The third-order valence-corrected chi connectivity index (χ3v) is 1.53. The van der Waals surface area contributed by atoms with E-state index in [9.17, 15) is 9.59 Å². The third kappa shape index (κ3) is 3.59. The molecule has 0 rings (SSSR count). The fourth-order valence-corrected chi connectivity index (χ4v) is 0.809. The molecule has 0 aromatic heterocycles. The van der Waals surface area contributed by atoms with Crippen LogP contribution in [0, 0.1) is 0 Å². The molecule has 0 aliphatic carbocycles. The average Bonchev–Trinajstić information content (AvgIpc) is 2.04. The monoisotopic (exact) mass is 188 g/mol. The van der Waals surface area contributed by atoms with Crippen molar-refractivity contribution in [3.8, 4) is 0 Å². The Hall–Kier alpha value is -1.52. The number of carbonyl (C=O) groups is 2. The molecule has 5 heteroatoms. The molecule has 74 valence electrons. The number of hydrogen-bond acceptors (Lipinski definition) is 3. The molecule has 0 aliphatic rings. The minimum atomic E-state index is -1.60. The van der Waals surface area contributed by atoms with Crippen molar-refractivity contribution in [1.82, 2.24) is 0 Å². The molecule has 0 spiro atoms. The van der Waals surface area contributed by atoms with Gasteiger partial charge in [-0.1, -0.05) is 13.3 Å². The van der Waals surface area contributed by atoms with E-state index in [2.05, 4.69) is 0 Å². The van der Waals surface area contributed by atoms with Gasteiger partial charge in [0.2, 0.25) is 5.76 Å². The molecule has 0 aromatic carbocycles. The van der Waals surface area contributed by atoms with Crippen LogP contribution in [0.5, 0.6) is 0 Å². The zero-order chi connectivity index (χ0) is 10.4. The normalized spacial score (nSPS) is 12.1. The van der Waals surface area contributed by atoms with Gasteiger partial charge in [0, 0.05) is 0 Å². The van der Waals surface area contributed by atoms with Gasteiger partial charge in [0.15, 0.2) is 0 Å². The number of unbranched alkanes of at least 4 members (excludes halogenated alkanes) is 1. The van der Waals surface area contributed by atoms with Crippen LogP contribution in [0.2, 0.25) is 0 Å². The largest absolute Gasteiger partial charge is 0.501 e. The van der Waals surface area contributed by atoms with Crippen molar-refractivity contribution in [2.24, 2.45) is 0 Å². The standard InChI is InChI=1S/C8H12O5/c1-2-3-4-5(7(10)11)6(9)8(12)13/h9H,2-4H2,1H3,(H,10,11)(H,12,13)/b6-5+. The van der Waals surface area contributed by atoms with Gasteiger partial charge in [0.05, 0.1) is 5.57 Å². The van der Waals surface area contributed by atoms with Crippen molar-refractivity contribution in [3.63, 3.8) is 0 Å². The van der Waals surface area contributed by atoms with Gasteiger partial charge in [-0.2, -0.15) is 0 Å². The predicted molar refractivity (Wildman–Crippen MR) is 44.5 cm³/mol. The molecule has 0 fully saturated rings. The summed E-state index contributed by atoms with van der Waals surface area (Å²) >= 11 is 0. The maximum absolute atomic E-state index is 10.5. The number of hydrogen-bond donors (Lipinski definition) is 3. The molecule has 13 heavy (non-hydrogen) atoms. The molecule has 0 atom stereocenters. The Bertz CT molecular complexity index is 241. The first kappa shape index (κ1) is 11.5. The lowest BCUT2D eigenvalue weighted by atomic mass is 10.1. The van der Waals surface area contributed by atoms with Gasteiger partial charge in [0.1, 0.15) is 0 Å². The number of aliphatic carboxylic acids is 2. The van der Waals surface area contributed by atoms with E-state index < -0.39 is 23.3 Å². The van der Waals surface area contributed by atoms with Crippen LogP contribution >= 0.6 is 0 Å². The average molecular weight is 188 g/mol. The molecule has 0 aliphatic heterocycles. The summed E-state index contributed by atoms with van der Waals surface area (Å²) in [6.45, 7) is 1.84. The highest BCUT2D eigenvalue weighted by atomic mass is 16.4. The fourth-order valence-electron chi connectivity index (χ4n) is 0.809. The van der Waals surface area contributed by atoms with E-state index in [1.54, 1.807) is 0 Å². The summed E-state index contributed by atoms with van der Waals surface area (Å²) in [5.74, 6) is -4.05. The number of aliphatic hydroxyl groups excluding tert-OH is 1. The minimum Gasteiger partial charge on any atom is -0.501 e. The second kappa shape index (κ2) is 5.18. The van der Waals surface area contributed by atoms with Gasteiger partial charge < -0.3 is 15.3 Å². The number of carboxylic acid groups (broad SMARTS) is 2. The van der Waals surface area contributed by atoms with E-state index in [1.807, 2.05) is 6.92 Å². The Kier molecular flexibility index (Phi) is 4.58. The molecule has 5 nitrogen and oxygen atoms in total. The van der Waals surface area contributed by atoms with Crippen molar-refractivity contribution in [3.05, 3.63) is 11.3 Å². The molecule has 0 radical (unpaired) electrons. The Morgan fingerprint density at radius 1 is 1.08 bits per heavy atom. The highest BCUT2D eigenvalue weighted by Crippen LogP contribution is 2.11. The Morgan fingerprint density at radius 3 is 1.92 bits per heavy atom. The Morgan fingerprint density at radius 2 is 1.62 bits per heavy atom. The summed E-state index contributed by atoms with van der Waals surface area (Å²) in [5.41, 5.74) is -0.436. The lowest BCUT2D eigenvalue weighted by Crippen LogP contribution is -2.11. The van der Waals surface area contributed by atoms with Gasteiger partial charge in [-0.05, 0) is 12.8 Å². The van der Waals surface area contributed by atoms with Gasteiger partial charge in [-0.3, -0.25) is 0 Å². The fraction of sp³-hybridized carbons (Fsp3) is 0.500. The van der Waals surface area contributed by atoms with Crippen LogP contribution in [-0.2, 0) is 9.59 Å². The van der Waals surface area contributed by atoms with Crippen LogP contribution in [0.1, 0.15) is 26.2 Å². The van der Waals surface area contributed by atoms with E-state index in [0.29, 0.717) is 6.42 Å². The highest BCUT2D eigenvalue weighted by molar-refractivity contribution is 5.96. The Balaban J connectivity index is 4.67. The maximum atomic E-state index is 10.5. The smallest absolute Gasteiger partial charge is 0.371 e. The topological polar surface area (TPSA) is 94.8 Å². The molecule has 0 saturated heterocycles. The van der Waals surface area contributed by atoms with Crippen LogP contribution in [0.4, 0.5) is 0 Å². The van der Waals surface area contributed by atoms with Crippen molar-refractivity contribution in [2.45, 2.75) is 26.2 Å². The van der Waals surface area contributed by atoms with Gasteiger partial charge >= 0.3 is 11.9 Å². The van der Waals surface area contributed by atoms with Crippen molar-refractivity contribution in [1.29, 1.82) is 0 Å². The second-order valence-electron chi connectivity index (χ2n) is 2.54. The van der Waals surface area contributed by atoms with E-state index in [0.717, 1.165) is 6.42 Å². The van der Waals surface area contributed by atoms with Gasteiger partial charge in [-0.15, -0.1) is 0 Å². The summed E-state index contributed by atoms with van der Waals surface area (Å²) in [7, 11) is 0. The summed E-state index contributed by atoms with van der Waals surface area (Å²) in [6.07, 6.45) is 1.35. The summed E-state index contributed by atoms with van der Waals surface area (Å²) < 4.78 is 0. The van der Waals surface area contributed by atoms with E-state index >= 15 is 0 Å². The van der Waals surface area contributed by atoms with Crippen LogP contribution < -0.4 is 0 Å². The van der Waals surface area contributed by atoms with Crippen LogP contribution in [0.15, 0.2) is 11.3 Å². The Labute approximate surface area is 75.3 Å². The van der Waals surface area contributed by atoms with Gasteiger partial charge in [-0.25, -0.2) is 9.59 Å². The SMILES string of the molecule is CCCC/C(C(=O)O)=C(\O)C(=O)O. The number of aliphatic hydroxyl groups is 1. The molecule has 0 saturated carbocycles. The predicted octanol–water partition coefficient (Wildman–Crippen LogP) is 1.16. The molecule has 0 aromatic rings. The number of carboxylic acids is 2. The first-order valence-electron chi connectivity index (χ1n) is 3.89. The van der Waals surface area contributed by atoms with E-state index in [4.69, 9.17) is 15.3 Å². The van der Waals surface area contributed by atoms with Crippen LogP contribution in [0.3, 0.4) is 0 Å². The lowest BCUT2D eigenvalue weighted by Gasteiger charge is -2.01. The zero-order valence-corrected chi connectivity index (χ0v) is 7.28. The van der Waals surface area contributed by atoms with Crippen molar-refractivity contribution in [2.75, 3.05) is 0 Å². The zero-order valence-electron chi connectivity index (χ0n) is 7.28. The van der Waals surface area contributed by atoms with Crippen molar-refractivity contribution >= 4 is 11.9 Å². The minimum absolute atomic E-state index is 0.0734. The molecule has 0 bridgehead atoms. The summed E-state index contributed by atoms with van der Waals surface area (Å²) in [4.78, 5) is 20.7. The third-order valence-electron chi connectivity index (χ3n) is 1.53. The number of rotatable bonds is 5. The second-order valence-corrected chi connectivity index (χ2v) is 2.54. The van der Waals surface area contributed by atoms with Gasteiger partial charge in [0.25, 0.3) is 0 Å². The first-order chi connectivity index (χ1) is 6.00. The first-order valence-corrected chi connectivity index (χ1v) is 3.89. The lowest BCUT2D eigenvalue weighted by molar-refractivity contribution is -0.138. The van der Waals surface area contributed by atoms with E-state index in [1.165, 1.54) is 0 Å². The molecular weight excluding hydrogens is 176 g/mol. The molecular formula is C8H12O5.